The first-order valence-electron chi connectivity index (χ1n) is 6.18. The summed E-state index contributed by atoms with van der Waals surface area (Å²) in [6.45, 7) is 1.82. The molecule has 110 valence electrons. The number of benzene rings is 1. The molecule has 0 aliphatic rings. The van der Waals surface area contributed by atoms with Crippen LogP contribution < -0.4 is 21.3 Å². The molecule has 21 heavy (non-hydrogen) atoms. The SMILES string of the molecule is CC(=O)Nc1ccc(OCc2ccc(C(=O)NN)s2)cc1. The number of hydrazine groups is 1. The van der Waals surface area contributed by atoms with Gasteiger partial charge in [0.2, 0.25) is 5.91 Å². The molecule has 0 aliphatic heterocycles. The number of hydrogen-bond acceptors (Lipinski definition) is 5. The number of hydrogen-bond donors (Lipinski definition) is 3. The second-order valence-corrected chi connectivity index (χ2v) is 5.40. The van der Waals surface area contributed by atoms with Gasteiger partial charge in [-0.2, -0.15) is 0 Å². The Morgan fingerprint density at radius 3 is 2.52 bits per heavy atom. The van der Waals surface area contributed by atoms with Gasteiger partial charge >= 0.3 is 0 Å². The van der Waals surface area contributed by atoms with E-state index in [0.717, 1.165) is 4.88 Å². The molecule has 4 N–H and O–H groups in total. The van der Waals surface area contributed by atoms with Crippen LogP contribution >= 0.6 is 11.3 Å². The van der Waals surface area contributed by atoms with Crippen molar-refractivity contribution in [1.82, 2.24) is 5.43 Å². The van der Waals surface area contributed by atoms with Crippen molar-refractivity contribution in [3.05, 3.63) is 46.2 Å². The highest BCUT2D eigenvalue weighted by Crippen LogP contribution is 2.20. The average molecular weight is 305 g/mol. The van der Waals surface area contributed by atoms with Gasteiger partial charge in [-0.05, 0) is 36.4 Å². The lowest BCUT2D eigenvalue weighted by molar-refractivity contribution is -0.114. The van der Waals surface area contributed by atoms with Crippen LogP contribution in [0.3, 0.4) is 0 Å². The van der Waals surface area contributed by atoms with Crippen LogP contribution in [0.5, 0.6) is 5.75 Å². The third-order valence-corrected chi connectivity index (χ3v) is 3.63. The Bertz CT molecular complexity index is 637. The third-order valence-electron chi connectivity index (χ3n) is 2.57. The first-order chi connectivity index (χ1) is 10.1. The molecular weight excluding hydrogens is 290 g/mol. The molecule has 1 heterocycles. The quantitative estimate of drug-likeness (QED) is 0.447. The summed E-state index contributed by atoms with van der Waals surface area (Å²) in [5, 5.41) is 2.68. The molecule has 0 atom stereocenters. The van der Waals surface area contributed by atoms with E-state index in [4.69, 9.17) is 10.6 Å². The van der Waals surface area contributed by atoms with Crippen LogP contribution in [-0.4, -0.2) is 11.8 Å². The number of nitrogen functional groups attached to an aromatic ring is 1. The van der Waals surface area contributed by atoms with Crippen molar-refractivity contribution in [2.45, 2.75) is 13.5 Å². The summed E-state index contributed by atoms with van der Waals surface area (Å²) in [5.74, 6) is 5.32. The van der Waals surface area contributed by atoms with Gasteiger partial charge in [-0.3, -0.25) is 15.0 Å². The van der Waals surface area contributed by atoms with E-state index >= 15 is 0 Å². The molecule has 0 saturated heterocycles. The summed E-state index contributed by atoms with van der Waals surface area (Å²) in [7, 11) is 0. The van der Waals surface area contributed by atoms with E-state index in [9.17, 15) is 9.59 Å². The number of nitrogens with two attached hydrogens (primary N) is 1. The van der Waals surface area contributed by atoms with Crippen molar-refractivity contribution in [3.63, 3.8) is 0 Å². The van der Waals surface area contributed by atoms with Crippen molar-refractivity contribution in [1.29, 1.82) is 0 Å². The van der Waals surface area contributed by atoms with E-state index in [1.807, 2.05) is 6.07 Å². The highest BCUT2D eigenvalue weighted by molar-refractivity contribution is 7.14. The van der Waals surface area contributed by atoms with Gasteiger partial charge in [0.05, 0.1) is 4.88 Å². The smallest absolute Gasteiger partial charge is 0.275 e. The minimum absolute atomic E-state index is 0.118. The molecule has 0 radical (unpaired) electrons. The van der Waals surface area contributed by atoms with Crippen LogP contribution in [0.25, 0.3) is 0 Å². The Morgan fingerprint density at radius 1 is 1.19 bits per heavy atom. The van der Waals surface area contributed by atoms with E-state index in [1.165, 1.54) is 18.3 Å². The predicted octanol–water partition coefficient (Wildman–Crippen LogP) is 1.89. The monoisotopic (exact) mass is 305 g/mol. The van der Waals surface area contributed by atoms with Gasteiger partial charge in [-0.25, -0.2) is 5.84 Å². The number of rotatable bonds is 5. The Labute approximate surface area is 125 Å². The number of ether oxygens (including phenoxy) is 1. The molecule has 6 nitrogen and oxygen atoms in total. The molecule has 0 saturated carbocycles. The minimum atomic E-state index is -0.314. The molecule has 0 aliphatic carbocycles. The fourth-order valence-corrected chi connectivity index (χ4v) is 2.46. The van der Waals surface area contributed by atoms with Gasteiger partial charge in [0.1, 0.15) is 12.4 Å². The fourth-order valence-electron chi connectivity index (χ4n) is 1.64. The molecule has 7 heteroatoms. The summed E-state index contributed by atoms with van der Waals surface area (Å²) >= 11 is 1.32. The maximum Gasteiger partial charge on any atom is 0.275 e. The van der Waals surface area contributed by atoms with Crippen molar-refractivity contribution in [2.24, 2.45) is 5.84 Å². The van der Waals surface area contributed by atoms with Gasteiger partial charge in [0.25, 0.3) is 5.91 Å². The van der Waals surface area contributed by atoms with Crippen LogP contribution in [0, 0.1) is 0 Å². The maximum atomic E-state index is 11.3. The lowest BCUT2D eigenvalue weighted by Gasteiger charge is -2.06. The van der Waals surface area contributed by atoms with Crippen LogP contribution in [0.1, 0.15) is 21.5 Å². The Morgan fingerprint density at radius 2 is 1.90 bits per heavy atom. The van der Waals surface area contributed by atoms with Gasteiger partial charge in [-0.1, -0.05) is 0 Å². The predicted molar refractivity (Wildman–Crippen MR) is 81.1 cm³/mol. The Hall–Kier alpha value is -2.38. The molecule has 2 amide bonds. The van der Waals surface area contributed by atoms with Crippen molar-refractivity contribution < 1.29 is 14.3 Å². The van der Waals surface area contributed by atoms with E-state index in [0.29, 0.717) is 22.9 Å². The van der Waals surface area contributed by atoms with Gasteiger partial charge in [0, 0.05) is 17.5 Å². The van der Waals surface area contributed by atoms with E-state index in [1.54, 1.807) is 30.3 Å². The summed E-state index contributed by atoms with van der Waals surface area (Å²) in [5.41, 5.74) is 2.80. The molecule has 0 spiro atoms. The lowest BCUT2D eigenvalue weighted by atomic mass is 10.3. The highest BCUT2D eigenvalue weighted by atomic mass is 32.1. The van der Waals surface area contributed by atoms with Crippen molar-refractivity contribution in [3.8, 4) is 5.75 Å². The van der Waals surface area contributed by atoms with Crippen LogP contribution in [-0.2, 0) is 11.4 Å². The number of carbonyl (C=O) groups excluding carboxylic acids is 2. The normalized spacial score (nSPS) is 10.0. The molecule has 0 fully saturated rings. The average Bonchev–Trinajstić information content (AvgIpc) is 2.94. The number of thiophene rings is 1. The lowest BCUT2D eigenvalue weighted by Crippen LogP contribution is -2.29. The second-order valence-electron chi connectivity index (χ2n) is 4.23. The zero-order valence-electron chi connectivity index (χ0n) is 11.4. The van der Waals surface area contributed by atoms with Crippen LogP contribution in [0.4, 0.5) is 5.69 Å². The minimum Gasteiger partial charge on any atom is -0.488 e. The third kappa shape index (κ3) is 4.30. The van der Waals surface area contributed by atoms with Crippen molar-refractivity contribution >= 4 is 28.8 Å². The van der Waals surface area contributed by atoms with E-state index in [2.05, 4.69) is 10.7 Å². The summed E-state index contributed by atoms with van der Waals surface area (Å²) in [4.78, 5) is 23.7. The molecule has 2 aromatic rings. The Balaban J connectivity index is 1.92. The largest absolute Gasteiger partial charge is 0.488 e. The van der Waals surface area contributed by atoms with Crippen LogP contribution in [0.15, 0.2) is 36.4 Å². The number of carbonyl (C=O) groups is 2. The topological polar surface area (TPSA) is 93.4 Å². The first kappa shape index (κ1) is 15.0. The van der Waals surface area contributed by atoms with Crippen molar-refractivity contribution in [2.75, 3.05) is 5.32 Å². The summed E-state index contributed by atoms with van der Waals surface area (Å²) in [6.07, 6.45) is 0. The first-order valence-corrected chi connectivity index (χ1v) is 7.00. The van der Waals surface area contributed by atoms with Crippen LogP contribution in [0.2, 0.25) is 0 Å². The zero-order valence-corrected chi connectivity index (χ0v) is 12.2. The van der Waals surface area contributed by atoms with E-state index in [-0.39, 0.29) is 11.8 Å². The van der Waals surface area contributed by atoms with Gasteiger partial charge in [-0.15, -0.1) is 11.3 Å². The number of nitrogens with one attached hydrogen (secondary N) is 2. The maximum absolute atomic E-state index is 11.3. The summed E-state index contributed by atoms with van der Waals surface area (Å²) in [6, 6.07) is 10.6. The zero-order chi connectivity index (χ0) is 15.2. The molecular formula is C14H15N3O3S. The summed E-state index contributed by atoms with van der Waals surface area (Å²) < 4.78 is 5.61. The standard InChI is InChI=1S/C14H15N3O3S/c1-9(18)16-10-2-4-11(5-3-10)20-8-12-6-7-13(21-12)14(19)17-15/h2-7H,8,15H2,1H3,(H,16,18)(H,17,19). The second kappa shape index (κ2) is 6.87. The number of amides is 2. The number of anilines is 1. The molecule has 0 bridgehead atoms. The Kier molecular flexibility index (Phi) is 4.91. The fraction of sp³-hybridized carbons (Fsp3) is 0.143. The van der Waals surface area contributed by atoms with Gasteiger partial charge in [0.15, 0.2) is 0 Å². The molecule has 1 aromatic carbocycles. The van der Waals surface area contributed by atoms with Gasteiger partial charge < -0.3 is 10.1 Å². The van der Waals surface area contributed by atoms with E-state index < -0.39 is 0 Å². The molecule has 0 unspecified atom stereocenters. The highest BCUT2D eigenvalue weighted by Gasteiger charge is 2.07. The molecule has 2 rings (SSSR count). The molecule has 1 aromatic heterocycles.